The summed E-state index contributed by atoms with van der Waals surface area (Å²) in [6, 6.07) is 9.47. The molecule has 3 nitrogen and oxygen atoms in total. The molecule has 1 aromatic heterocycles. The Balaban J connectivity index is 1.86. The molecular formula is C15H13FN2O. The molecular weight excluding hydrogens is 243 g/mol. The van der Waals surface area contributed by atoms with E-state index in [-0.39, 0.29) is 11.5 Å². The molecule has 3 rings (SSSR count). The number of hydrogen-bond donors (Lipinski definition) is 0. The van der Waals surface area contributed by atoms with Crippen LogP contribution in [-0.4, -0.2) is 22.3 Å². The van der Waals surface area contributed by atoms with E-state index in [2.05, 4.69) is 11.1 Å². The second-order valence-electron chi connectivity index (χ2n) is 4.60. The first-order chi connectivity index (χ1) is 9.25. The lowest BCUT2D eigenvalue weighted by atomic mass is 9.99. The van der Waals surface area contributed by atoms with Crippen molar-refractivity contribution in [1.29, 1.82) is 0 Å². The minimum atomic E-state index is -0.564. The average Bonchev–Trinajstić information content (AvgIpc) is 2.46. The number of benzene rings is 1. The number of carbonyl (C=O) groups is 1. The first-order valence-corrected chi connectivity index (χ1v) is 6.21. The van der Waals surface area contributed by atoms with Crippen LogP contribution in [0, 0.1) is 5.82 Å². The van der Waals surface area contributed by atoms with E-state index in [1.54, 1.807) is 4.90 Å². The number of fused-ring (bicyclic) bond motifs is 1. The fourth-order valence-corrected chi connectivity index (χ4v) is 2.39. The highest BCUT2D eigenvalue weighted by Crippen LogP contribution is 2.20. The molecule has 1 aliphatic heterocycles. The van der Waals surface area contributed by atoms with Gasteiger partial charge in [-0.3, -0.25) is 9.78 Å². The summed E-state index contributed by atoms with van der Waals surface area (Å²) in [4.78, 5) is 17.6. The van der Waals surface area contributed by atoms with Crippen molar-refractivity contribution in [2.45, 2.75) is 13.0 Å². The summed E-state index contributed by atoms with van der Waals surface area (Å²) in [5.74, 6) is -0.833. The summed E-state index contributed by atoms with van der Waals surface area (Å²) in [7, 11) is 0. The van der Waals surface area contributed by atoms with E-state index in [1.165, 1.54) is 17.8 Å². The molecule has 0 saturated carbocycles. The molecule has 4 heteroatoms. The zero-order valence-corrected chi connectivity index (χ0v) is 10.3. The molecule has 0 radical (unpaired) electrons. The number of halogens is 1. The van der Waals surface area contributed by atoms with E-state index in [4.69, 9.17) is 0 Å². The van der Waals surface area contributed by atoms with Crippen LogP contribution >= 0.6 is 0 Å². The third kappa shape index (κ3) is 2.21. The molecule has 0 saturated heterocycles. The first kappa shape index (κ1) is 11.8. The lowest BCUT2D eigenvalue weighted by molar-refractivity contribution is 0.0729. The second-order valence-corrected chi connectivity index (χ2v) is 4.60. The van der Waals surface area contributed by atoms with Crippen molar-refractivity contribution < 1.29 is 9.18 Å². The molecule has 0 aliphatic carbocycles. The van der Waals surface area contributed by atoms with Gasteiger partial charge in [-0.1, -0.05) is 24.3 Å². The van der Waals surface area contributed by atoms with Gasteiger partial charge in [0.05, 0.1) is 11.8 Å². The standard InChI is InChI=1S/C15H13FN2O/c16-14-9-17-7-5-13(14)15(19)18-8-6-11-3-1-2-4-12(11)10-18/h1-5,7,9H,6,8,10H2. The largest absolute Gasteiger partial charge is 0.334 e. The highest BCUT2D eigenvalue weighted by Gasteiger charge is 2.23. The molecule has 1 aromatic carbocycles. The van der Waals surface area contributed by atoms with Gasteiger partial charge in [-0.2, -0.15) is 0 Å². The number of hydrogen-bond acceptors (Lipinski definition) is 2. The van der Waals surface area contributed by atoms with Crippen LogP contribution in [0.1, 0.15) is 21.5 Å². The van der Waals surface area contributed by atoms with Gasteiger partial charge in [0.1, 0.15) is 0 Å². The monoisotopic (exact) mass is 256 g/mol. The summed E-state index contributed by atoms with van der Waals surface area (Å²) in [5, 5.41) is 0. The van der Waals surface area contributed by atoms with Crippen LogP contribution in [0.25, 0.3) is 0 Å². The Labute approximate surface area is 110 Å². The van der Waals surface area contributed by atoms with E-state index >= 15 is 0 Å². The molecule has 0 bridgehead atoms. The van der Waals surface area contributed by atoms with Crippen LogP contribution in [0.15, 0.2) is 42.7 Å². The van der Waals surface area contributed by atoms with Crippen LogP contribution in [0.3, 0.4) is 0 Å². The Morgan fingerprint density at radius 3 is 2.79 bits per heavy atom. The molecule has 0 atom stereocenters. The molecule has 19 heavy (non-hydrogen) atoms. The zero-order valence-electron chi connectivity index (χ0n) is 10.3. The molecule has 0 spiro atoms. The van der Waals surface area contributed by atoms with Gasteiger partial charge in [0.15, 0.2) is 5.82 Å². The maximum absolute atomic E-state index is 13.6. The molecule has 96 valence electrons. The van der Waals surface area contributed by atoms with Gasteiger partial charge < -0.3 is 4.90 Å². The summed E-state index contributed by atoms with van der Waals surface area (Å²) >= 11 is 0. The van der Waals surface area contributed by atoms with Gasteiger partial charge >= 0.3 is 0 Å². The van der Waals surface area contributed by atoms with Gasteiger partial charge in [0.2, 0.25) is 0 Å². The molecule has 0 fully saturated rings. The Hall–Kier alpha value is -2.23. The average molecular weight is 256 g/mol. The van der Waals surface area contributed by atoms with E-state index in [9.17, 15) is 9.18 Å². The summed E-state index contributed by atoms with van der Waals surface area (Å²) < 4.78 is 13.6. The third-order valence-corrected chi connectivity index (χ3v) is 3.42. The number of nitrogens with zero attached hydrogens (tertiary/aromatic N) is 2. The Morgan fingerprint density at radius 2 is 2.00 bits per heavy atom. The zero-order chi connectivity index (χ0) is 13.2. The Morgan fingerprint density at radius 1 is 1.21 bits per heavy atom. The van der Waals surface area contributed by atoms with Gasteiger partial charge in [-0.15, -0.1) is 0 Å². The number of rotatable bonds is 1. The lowest BCUT2D eigenvalue weighted by Crippen LogP contribution is -2.36. The predicted octanol–water partition coefficient (Wildman–Crippen LogP) is 2.42. The second kappa shape index (κ2) is 4.80. The first-order valence-electron chi connectivity index (χ1n) is 6.21. The van der Waals surface area contributed by atoms with Crippen molar-refractivity contribution in [2.75, 3.05) is 6.54 Å². The van der Waals surface area contributed by atoms with Crippen LogP contribution < -0.4 is 0 Å². The predicted molar refractivity (Wildman–Crippen MR) is 69.1 cm³/mol. The maximum Gasteiger partial charge on any atom is 0.257 e. The Kier molecular flexibility index (Phi) is 2.99. The minimum Gasteiger partial charge on any atom is -0.334 e. The van der Waals surface area contributed by atoms with Gasteiger partial charge in [-0.25, -0.2) is 4.39 Å². The van der Waals surface area contributed by atoms with Crippen LogP contribution in [0.2, 0.25) is 0 Å². The van der Waals surface area contributed by atoms with Crippen molar-refractivity contribution in [3.05, 3.63) is 65.2 Å². The van der Waals surface area contributed by atoms with Gasteiger partial charge in [0.25, 0.3) is 5.91 Å². The third-order valence-electron chi connectivity index (χ3n) is 3.42. The summed E-state index contributed by atoms with van der Waals surface area (Å²) in [6.45, 7) is 1.16. The Bertz CT molecular complexity index is 627. The van der Waals surface area contributed by atoms with Crippen molar-refractivity contribution in [3.8, 4) is 0 Å². The van der Waals surface area contributed by atoms with Gasteiger partial charge in [-0.05, 0) is 23.6 Å². The smallest absolute Gasteiger partial charge is 0.257 e. The fraction of sp³-hybridized carbons (Fsp3) is 0.200. The van der Waals surface area contributed by atoms with Crippen molar-refractivity contribution in [3.63, 3.8) is 0 Å². The number of carbonyl (C=O) groups excluding carboxylic acids is 1. The topological polar surface area (TPSA) is 33.2 Å². The molecule has 1 aliphatic rings. The maximum atomic E-state index is 13.6. The van der Waals surface area contributed by atoms with Gasteiger partial charge in [0, 0.05) is 19.3 Å². The summed E-state index contributed by atoms with van der Waals surface area (Å²) in [5.41, 5.74) is 2.49. The lowest BCUT2D eigenvalue weighted by Gasteiger charge is -2.29. The molecule has 2 heterocycles. The fourth-order valence-electron chi connectivity index (χ4n) is 2.39. The van der Waals surface area contributed by atoms with Crippen LogP contribution in [0.4, 0.5) is 4.39 Å². The highest BCUT2D eigenvalue weighted by atomic mass is 19.1. The quantitative estimate of drug-likeness (QED) is 0.785. The van der Waals surface area contributed by atoms with E-state index in [0.717, 1.165) is 18.2 Å². The van der Waals surface area contributed by atoms with Crippen molar-refractivity contribution >= 4 is 5.91 Å². The van der Waals surface area contributed by atoms with Crippen molar-refractivity contribution in [1.82, 2.24) is 9.88 Å². The molecule has 0 N–H and O–H groups in total. The van der Waals surface area contributed by atoms with Crippen molar-refractivity contribution in [2.24, 2.45) is 0 Å². The molecule has 1 amide bonds. The van der Waals surface area contributed by atoms with E-state index in [1.807, 2.05) is 18.2 Å². The number of aromatic nitrogens is 1. The van der Waals surface area contributed by atoms with E-state index < -0.39 is 5.82 Å². The molecule has 2 aromatic rings. The number of amides is 1. The minimum absolute atomic E-state index is 0.0920. The summed E-state index contributed by atoms with van der Waals surface area (Å²) in [6.07, 6.45) is 3.33. The SMILES string of the molecule is O=C(c1ccncc1F)N1CCc2ccccc2C1. The highest BCUT2D eigenvalue weighted by molar-refractivity contribution is 5.94. The van der Waals surface area contributed by atoms with Crippen LogP contribution in [0.5, 0.6) is 0 Å². The normalized spacial score (nSPS) is 14.1. The molecule has 0 unspecified atom stereocenters. The number of pyridine rings is 1. The van der Waals surface area contributed by atoms with E-state index in [0.29, 0.717) is 13.1 Å². The van der Waals surface area contributed by atoms with Crippen LogP contribution in [-0.2, 0) is 13.0 Å².